The molecule has 0 bridgehead atoms. The summed E-state index contributed by atoms with van der Waals surface area (Å²) in [6, 6.07) is 14.9. The van der Waals surface area contributed by atoms with Gasteiger partial charge in [0.1, 0.15) is 18.2 Å². The Balaban J connectivity index is 1.57. The Morgan fingerprint density at radius 2 is 1.81 bits per heavy atom. The zero-order chi connectivity index (χ0) is 22.8. The van der Waals surface area contributed by atoms with Crippen LogP contribution in [0.15, 0.2) is 59.0 Å². The van der Waals surface area contributed by atoms with Crippen molar-refractivity contribution in [2.75, 3.05) is 0 Å². The van der Waals surface area contributed by atoms with Crippen LogP contribution in [0.25, 0.3) is 22.6 Å². The first-order valence-electron chi connectivity index (χ1n) is 9.55. The number of aliphatic carboxylic acids is 1. The van der Waals surface area contributed by atoms with E-state index in [1.54, 1.807) is 24.3 Å². The Kier molecular flexibility index (Phi) is 6.58. The highest BCUT2D eigenvalue weighted by atomic mass is 35.5. The monoisotopic (exact) mass is 490 g/mol. The summed E-state index contributed by atoms with van der Waals surface area (Å²) in [5.41, 5.74) is 8.97. The molecule has 1 atom stereocenters. The fourth-order valence-corrected chi connectivity index (χ4v) is 4.06. The molecule has 3 N–H and O–H groups in total. The molecule has 3 aromatic carbocycles. The molecule has 0 aliphatic heterocycles. The van der Waals surface area contributed by atoms with E-state index in [1.807, 2.05) is 30.3 Å². The van der Waals surface area contributed by atoms with Gasteiger partial charge in [0.15, 0.2) is 11.3 Å². The largest absolute Gasteiger partial charge is 0.486 e. The molecule has 0 aliphatic rings. The van der Waals surface area contributed by atoms with Gasteiger partial charge < -0.3 is 20.0 Å². The van der Waals surface area contributed by atoms with Crippen molar-refractivity contribution in [1.82, 2.24) is 4.98 Å². The van der Waals surface area contributed by atoms with Gasteiger partial charge in [-0.05, 0) is 48.4 Å². The molecule has 0 saturated carbocycles. The maximum atomic E-state index is 11.0. The van der Waals surface area contributed by atoms with Crippen molar-refractivity contribution in [3.05, 3.63) is 80.8 Å². The standard InChI is InChI=1S/C23H17Cl3N2O4/c24-15-5-1-3-13(10-15)22-28-19-6-2-4-14(20(19)32-22)11-31-21-16(25)7-12(8-17(21)26)9-18(27)23(29)30/h1-8,10,18H,9,11,27H2,(H,29,30). The molecule has 1 aromatic heterocycles. The normalized spacial score (nSPS) is 12.1. The average Bonchev–Trinajstić information content (AvgIpc) is 3.18. The summed E-state index contributed by atoms with van der Waals surface area (Å²) in [6.07, 6.45) is 0.0959. The van der Waals surface area contributed by atoms with Gasteiger partial charge in [-0.25, -0.2) is 4.98 Å². The number of hydrogen-bond donors (Lipinski definition) is 2. The predicted octanol–water partition coefficient (Wildman–Crippen LogP) is 5.99. The Morgan fingerprint density at radius 3 is 2.50 bits per heavy atom. The number of rotatable bonds is 7. The lowest BCUT2D eigenvalue weighted by molar-refractivity contribution is -0.138. The molecule has 0 amide bonds. The first-order valence-corrected chi connectivity index (χ1v) is 10.7. The average molecular weight is 492 g/mol. The topological polar surface area (TPSA) is 98.6 Å². The van der Waals surface area contributed by atoms with Crippen LogP contribution >= 0.6 is 34.8 Å². The van der Waals surface area contributed by atoms with Crippen LogP contribution in [0.4, 0.5) is 0 Å². The van der Waals surface area contributed by atoms with Gasteiger partial charge in [0, 0.05) is 16.1 Å². The molecule has 4 aromatic rings. The number of hydrogen-bond acceptors (Lipinski definition) is 5. The highest BCUT2D eigenvalue weighted by Gasteiger charge is 2.17. The molecule has 0 spiro atoms. The van der Waals surface area contributed by atoms with E-state index in [-0.39, 0.29) is 28.8 Å². The Labute approximate surface area is 198 Å². The second kappa shape index (κ2) is 9.38. The van der Waals surface area contributed by atoms with Gasteiger partial charge in [-0.1, -0.05) is 53.0 Å². The minimum atomic E-state index is -1.10. The maximum absolute atomic E-state index is 11.0. The number of halogens is 3. The summed E-state index contributed by atoms with van der Waals surface area (Å²) in [5.74, 6) is -0.368. The van der Waals surface area contributed by atoms with E-state index in [0.717, 1.165) is 11.1 Å². The molecular weight excluding hydrogens is 475 g/mol. The van der Waals surface area contributed by atoms with Crippen molar-refractivity contribution >= 4 is 51.9 Å². The van der Waals surface area contributed by atoms with E-state index >= 15 is 0 Å². The van der Waals surface area contributed by atoms with Crippen molar-refractivity contribution in [1.29, 1.82) is 0 Å². The smallest absolute Gasteiger partial charge is 0.320 e. The van der Waals surface area contributed by atoms with Gasteiger partial charge in [0.05, 0.1) is 10.0 Å². The van der Waals surface area contributed by atoms with Gasteiger partial charge in [-0.2, -0.15) is 0 Å². The van der Waals surface area contributed by atoms with E-state index in [4.69, 9.17) is 54.8 Å². The van der Waals surface area contributed by atoms with Crippen molar-refractivity contribution in [2.45, 2.75) is 19.1 Å². The minimum Gasteiger partial charge on any atom is -0.486 e. The highest BCUT2D eigenvalue weighted by Crippen LogP contribution is 2.36. The van der Waals surface area contributed by atoms with Crippen molar-refractivity contribution in [2.24, 2.45) is 5.73 Å². The Hall–Kier alpha value is -2.77. The summed E-state index contributed by atoms with van der Waals surface area (Å²) in [5, 5.41) is 10.1. The molecule has 1 heterocycles. The molecule has 0 saturated heterocycles. The SMILES string of the molecule is NC(Cc1cc(Cl)c(OCc2cccc3nc(-c4cccc(Cl)c4)oc23)c(Cl)c1)C(=O)O. The first kappa shape index (κ1) is 22.4. The lowest BCUT2D eigenvalue weighted by atomic mass is 10.1. The van der Waals surface area contributed by atoms with Crippen LogP contribution in [0.2, 0.25) is 15.1 Å². The Morgan fingerprint density at radius 1 is 1.09 bits per heavy atom. The van der Waals surface area contributed by atoms with Crippen molar-refractivity contribution in [3.63, 3.8) is 0 Å². The number of ether oxygens (including phenoxy) is 1. The highest BCUT2D eigenvalue weighted by molar-refractivity contribution is 6.37. The number of fused-ring (bicyclic) bond motifs is 1. The lowest BCUT2D eigenvalue weighted by Crippen LogP contribution is -2.32. The van der Waals surface area contributed by atoms with Crippen LogP contribution in [-0.2, 0) is 17.8 Å². The predicted molar refractivity (Wildman–Crippen MR) is 125 cm³/mol. The number of benzene rings is 3. The van der Waals surface area contributed by atoms with E-state index < -0.39 is 12.0 Å². The number of carboxylic acid groups (broad SMARTS) is 1. The summed E-state index contributed by atoms with van der Waals surface area (Å²) in [7, 11) is 0. The quantitative estimate of drug-likeness (QED) is 0.329. The molecule has 164 valence electrons. The summed E-state index contributed by atoms with van der Waals surface area (Å²) < 4.78 is 11.9. The number of carbonyl (C=O) groups is 1. The number of para-hydroxylation sites is 1. The zero-order valence-electron chi connectivity index (χ0n) is 16.5. The number of oxazole rings is 1. The van der Waals surface area contributed by atoms with E-state index in [9.17, 15) is 4.79 Å². The van der Waals surface area contributed by atoms with E-state index in [0.29, 0.717) is 27.6 Å². The molecule has 1 unspecified atom stereocenters. The van der Waals surface area contributed by atoms with Crippen LogP contribution in [0.3, 0.4) is 0 Å². The fourth-order valence-electron chi connectivity index (χ4n) is 3.22. The van der Waals surface area contributed by atoms with Gasteiger partial charge in [-0.15, -0.1) is 0 Å². The number of aromatic nitrogens is 1. The third-order valence-corrected chi connectivity index (χ3v) is 5.57. The fraction of sp³-hybridized carbons (Fsp3) is 0.130. The number of nitrogens with zero attached hydrogens (tertiary/aromatic N) is 1. The third kappa shape index (κ3) is 4.84. The summed E-state index contributed by atoms with van der Waals surface area (Å²) in [6.45, 7) is 0.134. The van der Waals surface area contributed by atoms with Crippen LogP contribution in [0, 0.1) is 0 Å². The third-order valence-electron chi connectivity index (χ3n) is 4.77. The number of nitrogens with two attached hydrogens (primary N) is 1. The first-order chi connectivity index (χ1) is 15.3. The van der Waals surface area contributed by atoms with Crippen LogP contribution in [-0.4, -0.2) is 22.1 Å². The van der Waals surface area contributed by atoms with Gasteiger partial charge in [0.2, 0.25) is 5.89 Å². The minimum absolute atomic E-state index is 0.0959. The Bertz CT molecular complexity index is 1280. The maximum Gasteiger partial charge on any atom is 0.320 e. The van der Waals surface area contributed by atoms with E-state index in [2.05, 4.69) is 4.98 Å². The second-order valence-electron chi connectivity index (χ2n) is 7.12. The van der Waals surface area contributed by atoms with Crippen LogP contribution < -0.4 is 10.5 Å². The summed E-state index contributed by atoms with van der Waals surface area (Å²) in [4.78, 5) is 15.5. The van der Waals surface area contributed by atoms with Gasteiger partial charge >= 0.3 is 5.97 Å². The lowest BCUT2D eigenvalue weighted by Gasteiger charge is -2.13. The molecule has 9 heteroatoms. The van der Waals surface area contributed by atoms with Gasteiger partial charge in [-0.3, -0.25) is 4.79 Å². The second-order valence-corrected chi connectivity index (χ2v) is 8.37. The van der Waals surface area contributed by atoms with E-state index in [1.165, 1.54) is 0 Å². The molecule has 6 nitrogen and oxygen atoms in total. The van der Waals surface area contributed by atoms with Crippen molar-refractivity contribution in [3.8, 4) is 17.2 Å². The molecular formula is C23H17Cl3N2O4. The molecule has 0 aliphatic carbocycles. The summed E-state index contributed by atoms with van der Waals surface area (Å²) >= 11 is 18.7. The molecule has 4 rings (SSSR count). The van der Waals surface area contributed by atoms with Crippen LogP contribution in [0.1, 0.15) is 11.1 Å². The molecule has 0 radical (unpaired) electrons. The molecule has 0 fully saturated rings. The van der Waals surface area contributed by atoms with Gasteiger partial charge in [0.25, 0.3) is 0 Å². The number of carboxylic acids is 1. The molecule has 32 heavy (non-hydrogen) atoms. The zero-order valence-corrected chi connectivity index (χ0v) is 18.8. The van der Waals surface area contributed by atoms with Crippen LogP contribution in [0.5, 0.6) is 5.75 Å². The van der Waals surface area contributed by atoms with Crippen molar-refractivity contribution < 1.29 is 19.1 Å².